The standard InChI is InChI=1S/C24H32N4O2/c1-3-13-25-22(29)18-27-14-16-28(17-15-27)23(20-7-5-4-6-8-20)24(30)26-21-11-9-19(2)10-12-21/h4-12,23H,3,13-18H2,1-2H3,(H,25,29)(H,26,30)/t23-/m1/s1. The van der Waals surface area contributed by atoms with Gasteiger partial charge in [-0.05, 0) is 31.0 Å². The van der Waals surface area contributed by atoms with Crippen LogP contribution in [0.25, 0.3) is 0 Å². The molecule has 1 atom stereocenters. The van der Waals surface area contributed by atoms with Crippen molar-refractivity contribution in [3.8, 4) is 0 Å². The van der Waals surface area contributed by atoms with E-state index in [9.17, 15) is 9.59 Å². The van der Waals surface area contributed by atoms with Gasteiger partial charge in [-0.25, -0.2) is 0 Å². The molecule has 0 saturated carbocycles. The van der Waals surface area contributed by atoms with E-state index >= 15 is 0 Å². The van der Waals surface area contributed by atoms with Crippen molar-refractivity contribution in [2.24, 2.45) is 0 Å². The van der Waals surface area contributed by atoms with Gasteiger partial charge in [-0.2, -0.15) is 0 Å². The van der Waals surface area contributed by atoms with Crippen LogP contribution in [0.5, 0.6) is 0 Å². The number of nitrogens with zero attached hydrogens (tertiary/aromatic N) is 2. The summed E-state index contributed by atoms with van der Waals surface area (Å²) in [6.07, 6.45) is 0.939. The van der Waals surface area contributed by atoms with Gasteiger partial charge in [-0.1, -0.05) is 55.0 Å². The fraction of sp³-hybridized carbons (Fsp3) is 0.417. The summed E-state index contributed by atoms with van der Waals surface area (Å²) in [6, 6.07) is 17.4. The van der Waals surface area contributed by atoms with Gasteiger partial charge in [0, 0.05) is 38.4 Å². The molecule has 1 aliphatic heterocycles. The molecule has 1 aliphatic rings. The summed E-state index contributed by atoms with van der Waals surface area (Å²) in [5, 5.41) is 6.00. The normalized spacial score (nSPS) is 16.1. The largest absolute Gasteiger partial charge is 0.355 e. The molecule has 0 aliphatic carbocycles. The van der Waals surface area contributed by atoms with Crippen LogP contribution in [0.3, 0.4) is 0 Å². The second-order valence-corrected chi connectivity index (χ2v) is 7.83. The van der Waals surface area contributed by atoms with Crippen molar-refractivity contribution < 1.29 is 9.59 Å². The first-order chi connectivity index (χ1) is 14.6. The third-order valence-corrected chi connectivity index (χ3v) is 5.39. The molecule has 2 N–H and O–H groups in total. The van der Waals surface area contributed by atoms with Crippen LogP contribution in [0.1, 0.15) is 30.5 Å². The number of piperazine rings is 1. The van der Waals surface area contributed by atoms with Crippen molar-refractivity contribution in [2.45, 2.75) is 26.3 Å². The number of carbonyl (C=O) groups excluding carboxylic acids is 2. The van der Waals surface area contributed by atoms with Crippen LogP contribution in [0.2, 0.25) is 0 Å². The second-order valence-electron chi connectivity index (χ2n) is 7.83. The molecule has 160 valence electrons. The van der Waals surface area contributed by atoms with Crippen LogP contribution < -0.4 is 10.6 Å². The van der Waals surface area contributed by atoms with E-state index in [0.717, 1.165) is 49.4 Å². The van der Waals surface area contributed by atoms with Crippen LogP contribution >= 0.6 is 0 Å². The number of aryl methyl sites for hydroxylation is 1. The summed E-state index contributed by atoms with van der Waals surface area (Å²) in [5.41, 5.74) is 2.95. The van der Waals surface area contributed by atoms with Crippen molar-refractivity contribution in [2.75, 3.05) is 44.6 Å². The maximum absolute atomic E-state index is 13.2. The van der Waals surface area contributed by atoms with E-state index < -0.39 is 0 Å². The topological polar surface area (TPSA) is 64.7 Å². The first-order valence-electron chi connectivity index (χ1n) is 10.7. The summed E-state index contributed by atoms with van der Waals surface area (Å²) in [4.78, 5) is 29.6. The van der Waals surface area contributed by atoms with Gasteiger partial charge in [0.2, 0.25) is 11.8 Å². The van der Waals surface area contributed by atoms with Crippen molar-refractivity contribution in [3.05, 3.63) is 65.7 Å². The Balaban J connectivity index is 1.66. The number of hydrogen-bond donors (Lipinski definition) is 2. The lowest BCUT2D eigenvalue weighted by Crippen LogP contribution is -2.52. The van der Waals surface area contributed by atoms with Crippen molar-refractivity contribution in [1.82, 2.24) is 15.1 Å². The molecule has 1 heterocycles. The first kappa shape index (κ1) is 22.0. The summed E-state index contributed by atoms with van der Waals surface area (Å²) in [5.74, 6) is 0.0428. The molecule has 2 aromatic rings. The molecule has 6 nitrogen and oxygen atoms in total. The maximum atomic E-state index is 13.2. The molecule has 1 fully saturated rings. The number of amides is 2. The summed E-state index contributed by atoms with van der Waals surface area (Å²) in [7, 11) is 0. The van der Waals surface area contributed by atoms with Crippen LogP contribution in [-0.2, 0) is 9.59 Å². The van der Waals surface area contributed by atoms with E-state index in [1.165, 1.54) is 0 Å². The number of carbonyl (C=O) groups is 2. The lowest BCUT2D eigenvalue weighted by Gasteiger charge is -2.38. The average Bonchev–Trinajstić information content (AvgIpc) is 2.76. The molecule has 3 rings (SSSR count). The minimum atomic E-state index is -0.358. The highest BCUT2D eigenvalue weighted by Gasteiger charge is 2.30. The predicted molar refractivity (Wildman–Crippen MR) is 120 cm³/mol. The minimum absolute atomic E-state index is 0.0285. The number of hydrogen-bond acceptors (Lipinski definition) is 4. The Morgan fingerprint density at radius 1 is 0.967 bits per heavy atom. The van der Waals surface area contributed by atoms with Gasteiger partial charge in [0.1, 0.15) is 6.04 Å². The van der Waals surface area contributed by atoms with Gasteiger partial charge in [-0.3, -0.25) is 19.4 Å². The zero-order valence-corrected chi connectivity index (χ0v) is 17.9. The average molecular weight is 409 g/mol. The maximum Gasteiger partial charge on any atom is 0.246 e. The SMILES string of the molecule is CCCNC(=O)CN1CCN([C@@H](C(=O)Nc2ccc(C)cc2)c2ccccc2)CC1. The van der Waals surface area contributed by atoms with Gasteiger partial charge in [0.05, 0.1) is 6.54 Å². The first-order valence-corrected chi connectivity index (χ1v) is 10.7. The van der Waals surface area contributed by atoms with Gasteiger partial charge >= 0.3 is 0 Å². The molecule has 2 amide bonds. The number of rotatable bonds is 8. The Hall–Kier alpha value is -2.70. The molecule has 0 aromatic heterocycles. The number of nitrogens with one attached hydrogen (secondary N) is 2. The highest BCUT2D eigenvalue weighted by Crippen LogP contribution is 2.24. The smallest absolute Gasteiger partial charge is 0.246 e. The Morgan fingerprint density at radius 3 is 2.27 bits per heavy atom. The second kappa shape index (κ2) is 10.9. The van der Waals surface area contributed by atoms with Gasteiger partial charge in [0.25, 0.3) is 0 Å². The lowest BCUT2D eigenvalue weighted by molar-refractivity contribution is -0.125. The highest BCUT2D eigenvalue weighted by molar-refractivity contribution is 5.95. The summed E-state index contributed by atoms with van der Waals surface area (Å²) in [6.45, 7) is 8.21. The Morgan fingerprint density at radius 2 is 1.63 bits per heavy atom. The van der Waals surface area contributed by atoms with Crippen LogP contribution in [0, 0.1) is 6.92 Å². The Bertz CT molecular complexity index is 815. The van der Waals surface area contributed by atoms with E-state index in [1.54, 1.807) is 0 Å². The van der Waals surface area contributed by atoms with Crippen molar-refractivity contribution >= 4 is 17.5 Å². The summed E-state index contributed by atoms with van der Waals surface area (Å²) < 4.78 is 0. The molecule has 1 saturated heterocycles. The lowest BCUT2D eigenvalue weighted by atomic mass is 10.0. The monoisotopic (exact) mass is 408 g/mol. The zero-order chi connectivity index (χ0) is 21.3. The molecule has 30 heavy (non-hydrogen) atoms. The molecule has 0 radical (unpaired) electrons. The third-order valence-electron chi connectivity index (χ3n) is 5.39. The fourth-order valence-corrected chi connectivity index (χ4v) is 3.71. The summed E-state index contributed by atoms with van der Waals surface area (Å²) >= 11 is 0. The Kier molecular flexibility index (Phi) is 7.99. The fourth-order valence-electron chi connectivity index (χ4n) is 3.71. The third kappa shape index (κ3) is 6.15. The zero-order valence-electron chi connectivity index (χ0n) is 17.9. The minimum Gasteiger partial charge on any atom is -0.355 e. The van der Waals surface area contributed by atoms with Crippen LogP contribution in [0.15, 0.2) is 54.6 Å². The molecule has 0 spiro atoms. The van der Waals surface area contributed by atoms with E-state index in [1.807, 2.05) is 68.4 Å². The van der Waals surface area contributed by atoms with E-state index in [0.29, 0.717) is 13.1 Å². The number of anilines is 1. The molecular weight excluding hydrogens is 376 g/mol. The molecule has 6 heteroatoms. The van der Waals surface area contributed by atoms with E-state index in [-0.39, 0.29) is 17.9 Å². The number of benzene rings is 2. The van der Waals surface area contributed by atoms with Crippen LogP contribution in [-0.4, -0.2) is 60.9 Å². The van der Waals surface area contributed by atoms with Crippen molar-refractivity contribution in [1.29, 1.82) is 0 Å². The molecule has 0 unspecified atom stereocenters. The molecule has 0 bridgehead atoms. The highest BCUT2D eigenvalue weighted by atomic mass is 16.2. The van der Waals surface area contributed by atoms with Crippen LogP contribution in [0.4, 0.5) is 5.69 Å². The molecular formula is C24H32N4O2. The molecule has 2 aromatic carbocycles. The van der Waals surface area contributed by atoms with Crippen molar-refractivity contribution in [3.63, 3.8) is 0 Å². The quantitative estimate of drug-likeness (QED) is 0.705. The van der Waals surface area contributed by atoms with E-state index in [4.69, 9.17) is 0 Å². The van der Waals surface area contributed by atoms with E-state index in [2.05, 4.69) is 20.4 Å². The Labute approximate surface area is 179 Å². The van der Waals surface area contributed by atoms with Gasteiger partial charge in [-0.15, -0.1) is 0 Å². The van der Waals surface area contributed by atoms with Gasteiger partial charge in [0.15, 0.2) is 0 Å². The predicted octanol–water partition coefficient (Wildman–Crippen LogP) is 2.82. The van der Waals surface area contributed by atoms with Gasteiger partial charge < -0.3 is 10.6 Å².